The lowest BCUT2D eigenvalue weighted by atomic mass is 9.78. The summed E-state index contributed by atoms with van der Waals surface area (Å²) in [6, 6.07) is 4.46. The summed E-state index contributed by atoms with van der Waals surface area (Å²) in [5.74, 6) is -6.05. The molecule has 0 spiro atoms. The molecule has 1 aliphatic carbocycles. The van der Waals surface area contributed by atoms with Crippen molar-refractivity contribution in [2.45, 2.75) is 192 Å². The fraction of sp³-hybridized carbons (Fsp3) is 0.707. The first-order chi connectivity index (χ1) is 34.7. The number of esters is 1. The standard InChI is InChI=1S/C58H89NO14/c1-34-17-13-12-14-18-35(2)45(44-24-23-42(68-8)32-50(44)69-9)31-43-22-20-40(7)58(67,73-43)55(64)56(65)59-26-16-15-19-46(59)57(66)72-49(37(4)29-41-21-25-47(60)51(30-41)70-10)33-48(61)36(3)28-39(6)53(63)54(71-11)52(62)38(5)27-34/h12-14,17-18,23-24,28,32,34,36-38,40-41,43,45-49,51-54,60-63,67H,15-16,19-22,25-27,29-31,33H2,1-11H3/b14-12?,17-13+,35-18?,39-28+/t34-,36-,37-,38-,40-,41?,43+,45+,46?,47-,48+,49+,51-,52+,53-,54+,58-/m1/s1. The predicted octanol–water partition coefficient (Wildman–Crippen LogP) is 7.55. The monoisotopic (exact) mass is 1020 g/mol. The van der Waals surface area contributed by atoms with Gasteiger partial charge in [0, 0.05) is 56.6 Å². The Labute approximate surface area is 435 Å². The lowest BCUT2D eigenvalue weighted by Crippen LogP contribution is -2.60. The van der Waals surface area contributed by atoms with Crippen molar-refractivity contribution in [2.24, 2.45) is 35.5 Å². The normalized spacial score (nSPS) is 38.0. The Bertz CT molecular complexity index is 2090. The molecule has 410 valence electrons. The summed E-state index contributed by atoms with van der Waals surface area (Å²) in [5, 5.41) is 58.0. The number of aliphatic hydroxyl groups is 5. The van der Waals surface area contributed by atoms with Gasteiger partial charge in [0.15, 0.2) is 0 Å². The van der Waals surface area contributed by atoms with Crippen LogP contribution in [0.2, 0.25) is 0 Å². The minimum atomic E-state index is -2.47. The van der Waals surface area contributed by atoms with E-state index in [0.717, 1.165) is 17.6 Å². The third-order valence-corrected chi connectivity index (χ3v) is 16.5. The molecule has 2 bridgehead atoms. The molecule has 0 aromatic heterocycles. The number of carbonyl (C=O) groups is 3. The molecule has 17 atom stereocenters. The number of amides is 1. The van der Waals surface area contributed by atoms with E-state index in [4.69, 9.17) is 28.4 Å². The van der Waals surface area contributed by atoms with Gasteiger partial charge in [0.1, 0.15) is 35.9 Å². The SMILES string of the molecule is COc1ccc([C@H]2C[C@@H]3CC[C@@H](C)[C@@](O)(O3)C(=O)C(=O)N3CCCCC3C(=O)O[C@H]([C@H](C)CC3CC[C@@H](O)[C@H](OC)C3)C[C@H](O)[C@H](C)/C=C(\C)[C@@H](O)[C@@H](OC)[C@@H](O)[C@H](C)C[C@H](C)/C=C/C=CC=C2C)c(OC)c1. The number of hydrogen-bond donors (Lipinski definition) is 5. The number of cyclic esters (lactones) is 1. The number of Topliss-reactive ketones (excluding diaryl/α,β-unsaturated/α-hetero) is 1. The second-order valence-corrected chi connectivity index (χ2v) is 21.9. The fourth-order valence-corrected chi connectivity index (χ4v) is 11.7. The molecule has 1 amide bonds. The second kappa shape index (κ2) is 27.7. The number of allylic oxidation sites excluding steroid dienone is 6. The first-order valence-electron chi connectivity index (χ1n) is 26.8. The van der Waals surface area contributed by atoms with Crippen molar-refractivity contribution >= 4 is 17.7 Å². The van der Waals surface area contributed by atoms with Gasteiger partial charge in [-0.15, -0.1) is 0 Å². The number of aliphatic hydroxyl groups excluding tert-OH is 4. The highest BCUT2D eigenvalue weighted by Crippen LogP contribution is 2.43. The van der Waals surface area contributed by atoms with Crippen molar-refractivity contribution in [3.05, 3.63) is 71.4 Å². The molecular weight excluding hydrogens is 935 g/mol. The van der Waals surface area contributed by atoms with Crippen LogP contribution in [0, 0.1) is 35.5 Å². The third kappa shape index (κ3) is 15.4. The topological polar surface area (TPSA) is 211 Å². The number of carbonyl (C=O) groups excluding carboxylic acids is 3. The lowest BCUT2D eigenvalue weighted by molar-refractivity contribution is -0.264. The second-order valence-electron chi connectivity index (χ2n) is 21.9. The van der Waals surface area contributed by atoms with E-state index in [-0.39, 0.29) is 55.1 Å². The minimum absolute atomic E-state index is 0.0229. The Hall–Kier alpha value is -3.93. The Morgan fingerprint density at radius 1 is 0.808 bits per heavy atom. The molecule has 2 unspecified atom stereocenters. The maximum absolute atomic E-state index is 14.6. The molecule has 3 aliphatic heterocycles. The summed E-state index contributed by atoms with van der Waals surface area (Å²) in [5.41, 5.74) is 2.29. The van der Waals surface area contributed by atoms with Gasteiger partial charge >= 0.3 is 5.97 Å². The summed E-state index contributed by atoms with van der Waals surface area (Å²) in [7, 11) is 6.21. The molecule has 3 heterocycles. The molecule has 1 aromatic carbocycles. The van der Waals surface area contributed by atoms with Crippen molar-refractivity contribution < 1.29 is 68.3 Å². The maximum Gasteiger partial charge on any atom is 0.329 e. The number of nitrogens with zero attached hydrogens (tertiary/aromatic N) is 1. The Morgan fingerprint density at radius 3 is 2.23 bits per heavy atom. The number of rotatable bonds is 8. The van der Waals surface area contributed by atoms with E-state index in [1.807, 2.05) is 70.2 Å². The van der Waals surface area contributed by atoms with Crippen LogP contribution in [0.3, 0.4) is 0 Å². The number of ketones is 1. The smallest absolute Gasteiger partial charge is 0.329 e. The van der Waals surface area contributed by atoms with Crippen LogP contribution >= 0.6 is 0 Å². The summed E-state index contributed by atoms with van der Waals surface area (Å²) in [4.78, 5) is 44.9. The van der Waals surface area contributed by atoms with Crippen LogP contribution in [-0.2, 0) is 33.3 Å². The molecule has 5 N–H and O–H groups in total. The van der Waals surface area contributed by atoms with E-state index in [2.05, 4.69) is 13.0 Å². The van der Waals surface area contributed by atoms with Gasteiger partial charge in [-0.25, -0.2) is 4.79 Å². The van der Waals surface area contributed by atoms with Crippen molar-refractivity contribution in [1.82, 2.24) is 4.90 Å². The first-order valence-corrected chi connectivity index (χ1v) is 26.8. The highest BCUT2D eigenvalue weighted by atomic mass is 16.6. The lowest BCUT2D eigenvalue weighted by Gasteiger charge is -2.43. The molecule has 2 saturated heterocycles. The highest BCUT2D eigenvalue weighted by Gasteiger charge is 2.53. The average Bonchev–Trinajstić information content (AvgIpc) is 3.38. The molecule has 0 radical (unpaired) electrons. The number of methoxy groups -OCH3 is 4. The number of fused-ring (bicyclic) bond motifs is 3. The third-order valence-electron chi connectivity index (χ3n) is 16.5. The van der Waals surface area contributed by atoms with Crippen molar-refractivity contribution in [3.8, 4) is 11.5 Å². The quantitative estimate of drug-likeness (QED) is 0.0968. The molecule has 15 nitrogen and oxygen atoms in total. The van der Waals surface area contributed by atoms with Crippen LogP contribution in [0.1, 0.15) is 137 Å². The van der Waals surface area contributed by atoms with E-state index in [1.165, 1.54) is 12.0 Å². The van der Waals surface area contributed by atoms with Gasteiger partial charge in [-0.05, 0) is 120 Å². The fourth-order valence-electron chi connectivity index (χ4n) is 11.7. The van der Waals surface area contributed by atoms with E-state index < -0.39 is 84.1 Å². The molecule has 73 heavy (non-hydrogen) atoms. The van der Waals surface area contributed by atoms with Gasteiger partial charge in [0.05, 0.1) is 44.7 Å². The van der Waals surface area contributed by atoms with Gasteiger partial charge in [-0.2, -0.15) is 0 Å². The van der Waals surface area contributed by atoms with Crippen LogP contribution in [0.25, 0.3) is 0 Å². The minimum Gasteiger partial charge on any atom is -0.497 e. The summed E-state index contributed by atoms with van der Waals surface area (Å²) >= 11 is 0. The van der Waals surface area contributed by atoms with Gasteiger partial charge in [-0.3, -0.25) is 9.59 Å². The Morgan fingerprint density at radius 2 is 1.55 bits per heavy atom. The number of benzene rings is 1. The van der Waals surface area contributed by atoms with Crippen molar-refractivity contribution in [2.75, 3.05) is 35.0 Å². The zero-order valence-electron chi connectivity index (χ0n) is 45.5. The molecule has 1 saturated carbocycles. The largest absolute Gasteiger partial charge is 0.497 e. The van der Waals surface area contributed by atoms with E-state index in [9.17, 15) is 39.9 Å². The van der Waals surface area contributed by atoms with Crippen LogP contribution in [0.15, 0.2) is 65.8 Å². The molecule has 15 heteroatoms. The summed E-state index contributed by atoms with van der Waals surface area (Å²) in [6.45, 7) is 13.3. The van der Waals surface area contributed by atoms with Gasteiger partial charge in [0.2, 0.25) is 5.79 Å². The maximum atomic E-state index is 14.6. The van der Waals surface area contributed by atoms with Crippen LogP contribution in [0.5, 0.6) is 11.5 Å². The summed E-state index contributed by atoms with van der Waals surface area (Å²) < 4.78 is 35.5. The van der Waals surface area contributed by atoms with Crippen LogP contribution in [-0.4, -0.2) is 144 Å². The van der Waals surface area contributed by atoms with Crippen molar-refractivity contribution in [1.29, 1.82) is 0 Å². The average molecular weight is 1020 g/mol. The Kier molecular flexibility index (Phi) is 22.8. The molecule has 4 aliphatic rings. The van der Waals surface area contributed by atoms with Gasteiger partial charge in [0.25, 0.3) is 11.7 Å². The molecule has 3 fully saturated rings. The van der Waals surface area contributed by atoms with E-state index in [1.54, 1.807) is 41.3 Å². The number of hydrogen-bond acceptors (Lipinski definition) is 14. The molecule has 1 aromatic rings. The predicted molar refractivity (Wildman–Crippen MR) is 279 cm³/mol. The van der Waals surface area contributed by atoms with Gasteiger partial charge < -0.3 is 58.9 Å². The van der Waals surface area contributed by atoms with E-state index in [0.29, 0.717) is 74.9 Å². The molecule has 5 rings (SSSR count). The number of piperidine rings is 1. The zero-order chi connectivity index (χ0) is 53.7. The Balaban J connectivity index is 1.53. The zero-order valence-corrected chi connectivity index (χ0v) is 45.5. The van der Waals surface area contributed by atoms with Gasteiger partial charge in [-0.1, -0.05) is 82.7 Å². The highest BCUT2D eigenvalue weighted by molar-refractivity contribution is 6.39. The van der Waals surface area contributed by atoms with Crippen molar-refractivity contribution in [3.63, 3.8) is 0 Å². The summed E-state index contributed by atoms with van der Waals surface area (Å²) in [6.07, 6.45) is 10.8. The van der Waals surface area contributed by atoms with E-state index >= 15 is 0 Å². The molecular formula is C58H89NO14. The van der Waals surface area contributed by atoms with Crippen LogP contribution in [0.4, 0.5) is 0 Å². The first kappa shape index (κ1) is 59.9. The van der Waals surface area contributed by atoms with Crippen LogP contribution < -0.4 is 9.47 Å². The number of ether oxygens (including phenoxy) is 6.